The van der Waals surface area contributed by atoms with E-state index in [0.717, 1.165) is 27.8 Å². The van der Waals surface area contributed by atoms with E-state index in [4.69, 9.17) is 14.3 Å². The van der Waals surface area contributed by atoms with E-state index in [0.29, 0.717) is 18.6 Å². The van der Waals surface area contributed by atoms with Gasteiger partial charge in [0.25, 0.3) is 0 Å². The first-order valence-corrected chi connectivity index (χ1v) is 12.4. The van der Waals surface area contributed by atoms with Crippen molar-refractivity contribution in [1.29, 1.82) is 0 Å². The van der Waals surface area contributed by atoms with Gasteiger partial charge in [-0.05, 0) is 84.7 Å². The van der Waals surface area contributed by atoms with Crippen LogP contribution in [0.3, 0.4) is 0 Å². The number of ether oxygens (including phenoxy) is 1. The highest BCUT2D eigenvalue weighted by molar-refractivity contribution is 7.53. The van der Waals surface area contributed by atoms with E-state index in [1.54, 1.807) is 25.3 Å². The summed E-state index contributed by atoms with van der Waals surface area (Å²) in [5.74, 6) is 0.813. The van der Waals surface area contributed by atoms with Crippen molar-refractivity contribution in [3.8, 4) is 11.5 Å². The average Bonchev–Trinajstić information content (AvgIpc) is 2.70. The predicted molar refractivity (Wildman–Crippen MR) is 123 cm³/mol. The normalized spacial score (nSPS) is 14.6. The number of methoxy groups -OCH3 is 1. The largest absolute Gasteiger partial charge is 0.508 e. The first-order chi connectivity index (χ1) is 14.5. The van der Waals surface area contributed by atoms with Crippen molar-refractivity contribution in [2.24, 2.45) is 0 Å². The number of hydrogen-bond acceptors (Lipinski definition) is 5. The summed E-state index contributed by atoms with van der Waals surface area (Å²) in [6.45, 7) is 11.6. The molecule has 0 saturated carbocycles. The zero-order valence-electron chi connectivity index (χ0n) is 19.5. The SMILES string of the molecule is CCC(CC)P(=O)(O)OOc1cc(C)c(C(OC)c2ccc(O)c(C(C)C)c2)c(C)c1. The van der Waals surface area contributed by atoms with E-state index >= 15 is 0 Å². The fourth-order valence-corrected chi connectivity index (χ4v) is 5.16. The van der Waals surface area contributed by atoms with Crippen LogP contribution in [-0.2, 0) is 14.0 Å². The van der Waals surface area contributed by atoms with Gasteiger partial charge < -0.3 is 19.6 Å². The molecule has 2 aromatic carbocycles. The monoisotopic (exact) mass is 450 g/mol. The van der Waals surface area contributed by atoms with E-state index in [2.05, 4.69) is 0 Å². The molecule has 0 radical (unpaired) electrons. The van der Waals surface area contributed by atoms with Crippen LogP contribution in [0.5, 0.6) is 11.5 Å². The molecule has 0 bridgehead atoms. The van der Waals surface area contributed by atoms with Gasteiger partial charge in [0, 0.05) is 7.11 Å². The Morgan fingerprint density at radius 1 is 1.03 bits per heavy atom. The van der Waals surface area contributed by atoms with Gasteiger partial charge >= 0.3 is 7.60 Å². The molecule has 0 saturated heterocycles. The lowest BCUT2D eigenvalue weighted by Crippen LogP contribution is -2.11. The number of rotatable bonds is 10. The van der Waals surface area contributed by atoms with Crippen molar-refractivity contribution in [3.63, 3.8) is 0 Å². The van der Waals surface area contributed by atoms with E-state index in [9.17, 15) is 14.6 Å². The van der Waals surface area contributed by atoms with Crippen molar-refractivity contribution < 1.29 is 28.9 Å². The van der Waals surface area contributed by atoms with Crippen LogP contribution in [0.25, 0.3) is 0 Å². The van der Waals surface area contributed by atoms with Gasteiger partial charge in [-0.1, -0.05) is 38.4 Å². The minimum absolute atomic E-state index is 0.178. The number of aromatic hydroxyl groups is 1. The molecule has 0 amide bonds. The molecule has 0 fully saturated rings. The van der Waals surface area contributed by atoms with Gasteiger partial charge in [-0.3, -0.25) is 4.57 Å². The first kappa shape index (κ1) is 25.4. The van der Waals surface area contributed by atoms with Crippen LogP contribution >= 0.6 is 7.60 Å². The average molecular weight is 451 g/mol. The first-order valence-electron chi connectivity index (χ1n) is 10.7. The fourth-order valence-electron chi connectivity index (χ4n) is 3.92. The van der Waals surface area contributed by atoms with Crippen LogP contribution in [0.1, 0.15) is 80.4 Å². The summed E-state index contributed by atoms with van der Waals surface area (Å²) in [7, 11) is -2.22. The van der Waals surface area contributed by atoms with Crippen LogP contribution < -0.4 is 4.89 Å². The van der Waals surface area contributed by atoms with Gasteiger partial charge in [0.15, 0.2) is 5.75 Å². The van der Waals surface area contributed by atoms with Gasteiger partial charge in [-0.15, -0.1) is 0 Å². The smallest absolute Gasteiger partial charge is 0.369 e. The molecule has 0 heterocycles. The van der Waals surface area contributed by atoms with E-state index in [-0.39, 0.29) is 17.8 Å². The van der Waals surface area contributed by atoms with Crippen LogP contribution in [0.2, 0.25) is 0 Å². The summed E-state index contributed by atoms with van der Waals surface area (Å²) < 4.78 is 23.2. The topological polar surface area (TPSA) is 85.2 Å². The standard InChI is InChI=1S/C24H35O6P/c1-8-20(9-2)31(26,27)30-29-19-12-16(5)23(17(6)13-19)24(28-7)18-10-11-22(25)21(14-18)15(3)4/h10-15,20,24-25H,8-9H2,1-7H3,(H,26,27). The molecule has 172 valence electrons. The maximum absolute atomic E-state index is 12.4. The number of hydrogen-bond donors (Lipinski definition) is 2. The highest BCUT2D eigenvalue weighted by atomic mass is 31.2. The molecular formula is C24H35O6P. The number of phenols is 1. The second-order valence-electron chi connectivity index (χ2n) is 8.25. The molecule has 2 rings (SSSR count). The Bertz CT molecular complexity index is 913. The van der Waals surface area contributed by atoms with Crippen molar-refractivity contribution in [3.05, 3.63) is 58.1 Å². The lowest BCUT2D eigenvalue weighted by atomic mass is 9.90. The van der Waals surface area contributed by atoms with E-state index < -0.39 is 13.3 Å². The van der Waals surface area contributed by atoms with Crippen molar-refractivity contribution in [2.75, 3.05) is 7.11 Å². The Hall–Kier alpha value is -1.85. The van der Waals surface area contributed by atoms with Crippen LogP contribution in [0.4, 0.5) is 0 Å². The molecular weight excluding hydrogens is 415 g/mol. The van der Waals surface area contributed by atoms with Crippen LogP contribution in [-0.4, -0.2) is 22.8 Å². The summed E-state index contributed by atoms with van der Waals surface area (Å²) in [5.41, 5.74) is 4.12. The maximum Gasteiger partial charge on any atom is 0.369 e. The molecule has 7 heteroatoms. The highest BCUT2D eigenvalue weighted by Crippen LogP contribution is 2.50. The summed E-state index contributed by atoms with van der Waals surface area (Å²) in [6.07, 6.45) is 0.734. The zero-order chi connectivity index (χ0) is 23.3. The molecule has 0 aliphatic rings. The predicted octanol–water partition coefficient (Wildman–Crippen LogP) is 6.55. The van der Waals surface area contributed by atoms with Gasteiger partial charge in [-0.2, -0.15) is 0 Å². The molecule has 0 aromatic heterocycles. The maximum atomic E-state index is 12.4. The molecule has 6 nitrogen and oxygen atoms in total. The Kier molecular flexibility index (Phi) is 8.73. The molecule has 31 heavy (non-hydrogen) atoms. The van der Waals surface area contributed by atoms with Crippen molar-refractivity contribution in [2.45, 2.75) is 72.1 Å². The molecule has 0 aliphatic heterocycles. The Labute approximate surface area is 185 Å². The molecule has 0 spiro atoms. The number of aryl methyl sites for hydroxylation is 2. The number of phenolic OH excluding ortho intramolecular Hbond substituents is 1. The van der Waals surface area contributed by atoms with Gasteiger partial charge in [0.05, 0.1) is 5.66 Å². The van der Waals surface area contributed by atoms with Gasteiger partial charge in [0.1, 0.15) is 11.9 Å². The molecule has 0 aliphatic carbocycles. The summed E-state index contributed by atoms with van der Waals surface area (Å²) >= 11 is 0. The highest BCUT2D eigenvalue weighted by Gasteiger charge is 2.32. The minimum Gasteiger partial charge on any atom is -0.508 e. The molecule has 2 atom stereocenters. The van der Waals surface area contributed by atoms with Crippen LogP contribution in [0, 0.1) is 13.8 Å². The second-order valence-corrected chi connectivity index (χ2v) is 10.3. The lowest BCUT2D eigenvalue weighted by molar-refractivity contribution is -0.111. The summed E-state index contributed by atoms with van der Waals surface area (Å²) in [6, 6.07) is 9.07. The third-order valence-electron chi connectivity index (χ3n) is 5.69. The molecule has 2 unspecified atom stereocenters. The molecule has 2 aromatic rings. The Morgan fingerprint density at radius 3 is 2.10 bits per heavy atom. The van der Waals surface area contributed by atoms with Gasteiger partial charge in [0.2, 0.25) is 0 Å². The third kappa shape index (κ3) is 5.89. The van der Waals surface area contributed by atoms with Crippen molar-refractivity contribution in [1.82, 2.24) is 0 Å². The minimum atomic E-state index is -3.87. The summed E-state index contributed by atoms with van der Waals surface area (Å²) in [4.78, 5) is 15.4. The Balaban J connectivity index is 2.34. The Morgan fingerprint density at radius 2 is 1.61 bits per heavy atom. The van der Waals surface area contributed by atoms with Crippen LogP contribution in [0.15, 0.2) is 30.3 Å². The summed E-state index contributed by atoms with van der Waals surface area (Å²) in [5, 5.41) is 10.2. The van der Waals surface area contributed by atoms with E-state index in [1.807, 2.05) is 53.7 Å². The fraction of sp³-hybridized carbons (Fsp3) is 0.500. The van der Waals surface area contributed by atoms with Crippen molar-refractivity contribution >= 4 is 7.60 Å². The second kappa shape index (κ2) is 10.6. The lowest BCUT2D eigenvalue weighted by Gasteiger charge is -2.23. The van der Waals surface area contributed by atoms with Gasteiger partial charge in [-0.25, -0.2) is 0 Å². The quantitative estimate of drug-likeness (QED) is 0.242. The number of benzene rings is 2. The zero-order valence-corrected chi connectivity index (χ0v) is 20.4. The third-order valence-corrected chi connectivity index (χ3v) is 7.63. The van der Waals surface area contributed by atoms with E-state index in [1.165, 1.54) is 0 Å². The molecule has 2 N–H and O–H groups in total.